The quantitative estimate of drug-likeness (QED) is 0.806. The van der Waals surface area contributed by atoms with Crippen molar-refractivity contribution in [3.05, 3.63) is 35.4 Å². The van der Waals surface area contributed by atoms with Crippen LogP contribution >= 0.6 is 0 Å². The van der Waals surface area contributed by atoms with Crippen molar-refractivity contribution < 1.29 is 9.90 Å². The van der Waals surface area contributed by atoms with Gasteiger partial charge in [-0.15, -0.1) is 0 Å². The maximum Gasteiger partial charge on any atom is 0.248 e. The molecule has 0 radical (unpaired) electrons. The standard InChI is InChI=1S/C12H17NO2/c1-3-10-4-6-11(7-5-10)8-13(2)12(15)9-14/h4-7,14H,3,8-9H2,1-2H3. The van der Waals surface area contributed by atoms with Crippen LogP contribution in [0.15, 0.2) is 24.3 Å². The van der Waals surface area contributed by atoms with E-state index in [1.165, 1.54) is 10.5 Å². The molecule has 0 unspecified atom stereocenters. The smallest absolute Gasteiger partial charge is 0.248 e. The minimum absolute atomic E-state index is 0.255. The summed E-state index contributed by atoms with van der Waals surface area (Å²) in [6.45, 7) is 2.23. The van der Waals surface area contributed by atoms with Crippen LogP contribution in [0.2, 0.25) is 0 Å². The van der Waals surface area contributed by atoms with E-state index in [1.54, 1.807) is 7.05 Å². The van der Waals surface area contributed by atoms with E-state index >= 15 is 0 Å². The highest BCUT2D eigenvalue weighted by Crippen LogP contribution is 2.07. The van der Waals surface area contributed by atoms with Crippen LogP contribution in [0, 0.1) is 0 Å². The zero-order chi connectivity index (χ0) is 11.3. The molecule has 0 aliphatic rings. The van der Waals surface area contributed by atoms with Crippen molar-refractivity contribution in [2.45, 2.75) is 19.9 Å². The van der Waals surface area contributed by atoms with Crippen LogP contribution in [-0.4, -0.2) is 29.6 Å². The summed E-state index contributed by atoms with van der Waals surface area (Å²) in [6.07, 6.45) is 1.02. The minimum atomic E-state index is -0.427. The summed E-state index contributed by atoms with van der Waals surface area (Å²) in [5, 5.41) is 8.67. The molecule has 0 heterocycles. The van der Waals surface area contributed by atoms with E-state index in [0.29, 0.717) is 6.54 Å². The highest BCUT2D eigenvalue weighted by molar-refractivity contribution is 5.76. The summed E-state index contributed by atoms with van der Waals surface area (Å²) in [5.74, 6) is -0.255. The molecule has 0 atom stereocenters. The SMILES string of the molecule is CCc1ccc(CN(C)C(=O)CO)cc1. The Morgan fingerprint density at radius 3 is 2.27 bits per heavy atom. The van der Waals surface area contributed by atoms with Gasteiger partial charge in [0.2, 0.25) is 5.91 Å². The number of likely N-dealkylation sites (N-methyl/N-ethyl adjacent to an activating group) is 1. The first-order chi connectivity index (χ1) is 7.17. The molecule has 0 bridgehead atoms. The number of hydrogen-bond acceptors (Lipinski definition) is 2. The van der Waals surface area contributed by atoms with Crippen molar-refractivity contribution in [3.63, 3.8) is 0 Å². The molecule has 0 aromatic heterocycles. The van der Waals surface area contributed by atoms with E-state index in [9.17, 15) is 4.79 Å². The van der Waals surface area contributed by atoms with Gasteiger partial charge in [0.1, 0.15) is 6.61 Å². The summed E-state index contributed by atoms with van der Waals surface area (Å²) in [6, 6.07) is 8.15. The Morgan fingerprint density at radius 1 is 1.27 bits per heavy atom. The first-order valence-corrected chi connectivity index (χ1v) is 5.10. The number of carbonyl (C=O) groups is 1. The fourth-order valence-electron chi connectivity index (χ4n) is 1.36. The van der Waals surface area contributed by atoms with E-state index in [1.807, 2.05) is 12.1 Å². The molecular formula is C12H17NO2. The Kier molecular flexibility index (Phi) is 4.31. The predicted octanol–water partition coefficient (Wildman–Crippen LogP) is 1.20. The first kappa shape index (κ1) is 11.7. The predicted molar refractivity (Wildman–Crippen MR) is 59.4 cm³/mol. The highest BCUT2D eigenvalue weighted by atomic mass is 16.3. The summed E-state index contributed by atoms with van der Waals surface area (Å²) < 4.78 is 0. The Balaban J connectivity index is 2.60. The molecular weight excluding hydrogens is 190 g/mol. The van der Waals surface area contributed by atoms with Crippen LogP contribution in [0.25, 0.3) is 0 Å². The third kappa shape index (κ3) is 3.36. The van der Waals surface area contributed by atoms with Gasteiger partial charge in [-0.2, -0.15) is 0 Å². The van der Waals surface area contributed by atoms with Gasteiger partial charge < -0.3 is 10.0 Å². The molecule has 0 saturated heterocycles. The van der Waals surface area contributed by atoms with Crippen molar-refractivity contribution in [2.75, 3.05) is 13.7 Å². The van der Waals surface area contributed by atoms with Crippen molar-refractivity contribution in [2.24, 2.45) is 0 Å². The second-order valence-electron chi connectivity index (χ2n) is 3.58. The minimum Gasteiger partial charge on any atom is -0.387 e. The fraction of sp³-hybridized carbons (Fsp3) is 0.417. The van der Waals surface area contributed by atoms with E-state index in [2.05, 4.69) is 19.1 Å². The molecule has 1 amide bonds. The highest BCUT2D eigenvalue weighted by Gasteiger charge is 2.06. The molecule has 0 fully saturated rings. The lowest BCUT2D eigenvalue weighted by molar-refractivity contribution is -0.133. The van der Waals surface area contributed by atoms with Gasteiger partial charge >= 0.3 is 0 Å². The molecule has 1 rings (SSSR count). The molecule has 0 aliphatic carbocycles. The fourth-order valence-corrected chi connectivity index (χ4v) is 1.36. The van der Waals surface area contributed by atoms with Crippen LogP contribution in [-0.2, 0) is 17.8 Å². The number of rotatable bonds is 4. The zero-order valence-corrected chi connectivity index (χ0v) is 9.23. The Labute approximate surface area is 90.3 Å². The van der Waals surface area contributed by atoms with Gasteiger partial charge in [0.25, 0.3) is 0 Å². The third-order valence-electron chi connectivity index (χ3n) is 2.41. The molecule has 15 heavy (non-hydrogen) atoms. The molecule has 0 aliphatic heterocycles. The Bertz CT molecular complexity index is 319. The maximum atomic E-state index is 11.1. The number of benzene rings is 1. The van der Waals surface area contributed by atoms with E-state index in [-0.39, 0.29) is 5.91 Å². The largest absolute Gasteiger partial charge is 0.387 e. The average Bonchev–Trinajstić information content (AvgIpc) is 2.29. The molecule has 1 N–H and O–H groups in total. The van der Waals surface area contributed by atoms with Gasteiger partial charge in [-0.3, -0.25) is 4.79 Å². The van der Waals surface area contributed by atoms with Crippen molar-refractivity contribution in [1.29, 1.82) is 0 Å². The molecule has 0 saturated carbocycles. The summed E-state index contributed by atoms with van der Waals surface area (Å²) in [5.41, 5.74) is 2.37. The van der Waals surface area contributed by atoms with Crippen LogP contribution in [0.5, 0.6) is 0 Å². The van der Waals surface area contributed by atoms with Gasteiger partial charge in [0.15, 0.2) is 0 Å². The van der Waals surface area contributed by atoms with Gasteiger partial charge in [-0.05, 0) is 17.5 Å². The lowest BCUT2D eigenvalue weighted by atomic mass is 10.1. The second kappa shape index (κ2) is 5.51. The monoisotopic (exact) mass is 207 g/mol. The molecule has 1 aromatic rings. The normalized spacial score (nSPS) is 10.1. The lowest BCUT2D eigenvalue weighted by Crippen LogP contribution is -2.28. The average molecular weight is 207 g/mol. The van der Waals surface area contributed by atoms with Crippen molar-refractivity contribution in [1.82, 2.24) is 4.90 Å². The lowest BCUT2D eigenvalue weighted by Gasteiger charge is -2.15. The number of aryl methyl sites for hydroxylation is 1. The van der Waals surface area contributed by atoms with E-state index in [4.69, 9.17) is 5.11 Å². The molecule has 3 nitrogen and oxygen atoms in total. The van der Waals surface area contributed by atoms with Crippen LogP contribution in [0.1, 0.15) is 18.1 Å². The number of amides is 1. The number of carbonyl (C=O) groups excluding carboxylic acids is 1. The topological polar surface area (TPSA) is 40.5 Å². The van der Waals surface area contributed by atoms with Gasteiger partial charge in [0.05, 0.1) is 0 Å². The zero-order valence-electron chi connectivity index (χ0n) is 9.23. The third-order valence-corrected chi connectivity index (χ3v) is 2.41. The van der Waals surface area contributed by atoms with Gasteiger partial charge in [-0.25, -0.2) is 0 Å². The van der Waals surface area contributed by atoms with Crippen molar-refractivity contribution in [3.8, 4) is 0 Å². The summed E-state index contributed by atoms with van der Waals surface area (Å²) in [4.78, 5) is 12.6. The van der Waals surface area contributed by atoms with Crippen molar-refractivity contribution >= 4 is 5.91 Å². The molecule has 0 spiro atoms. The number of hydrogen-bond donors (Lipinski definition) is 1. The van der Waals surface area contributed by atoms with E-state index in [0.717, 1.165) is 12.0 Å². The summed E-state index contributed by atoms with van der Waals surface area (Å²) >= 11 is 0. The number of aliphatic hydroxyl groups is 1. The maximum absolute atomic E-state index is 11.1. The Morgan fingerprint density at radius 2 is 1.80 bits per heavy atom. The summed E-state index contributed by atoms with van der Waals surface area (Å²) in [7, 11) is 1.69. The molecule has 82 valence electrons. The number of nitrogens with zero attached hydrogens (tertiary/aromatic N) is 1. The van der Waals surface area contributed by atoms with Gasteiger partial charge in [0, 0.05) is 13.6 Å². The van der Waals surface area contributed by atoms with Crippen LogP contribution < -0.4 is 0 Å². The number of aliphatic hydroxyl groups excluding tert-OH is 1. The van der Waals surface area contributed by atoms with Crippen LogP contribution in [0.4, 0.5) is 0 Å². The van der Waals surface area contributed by atoms with E-state index < -0.39 is 6.61 Å². The first-order valence-electron chi connectivity index (χ1n) is 5.10. The molecule has 3 heteroatoms. The molecule has 1 aromatic carbocycles. The Hall–Kier alpha value is -1.35. The second-order valence-corrected chi connectivity index (χ2v) is 3.58. The van der Waals surface area contributed by atoms with Crippen LogP contribution in [0.3, 0.4) is 0 Å². The van der Waals surface area contributed by atoms with Gasteiger partial charge in [-0.1, -0.05) is 31.2 Å².